The summed E-state index contributed by atoms with van der Waals surface area (Å²) in [5, 5.41) is 10.7. The van der Waals surface area contributed by atoms with Crippen LogP contribution in [0.3, 0.4) is 0 Å². The van der Waals surface area contributed by atoms with Gasteiger partial charge in [-0.05, 0) is 31.6 Å². The predicted molar refractivity (Wildman–Crippen MR) is 432 cm³/mol. The van der Waals surface area contributed by atoms with E-state index in [4.69, 9.17) is 37.0 Å². The summed E-state index contributed by atoms with van der Waals surface area (Å²) in [6.45, 7) is 7.37. The summed E-state index contributed by atoms with van der Waals surface area (Å²) < 4.78 is 68.8. The second-order valence-electron chi connectivity index (χ2n) is 31.4. The second-order valence-corrected chi connectivity index (χ2v) is 34.3. The number of phosphoric acid groups is 2. The first-order valence-electron chi connectivity index (χ1n) is 44.6. The van der Waals surface area contributed by atoms with Gasteiger partial charge in [0.25, 0.3) is 0 Å². The van der Waals surface area contributed by atoms with E-state index in [1.165, 1.54) is 289 Å². The van der Waals surface area contributed by atoms with Crippen molar-refractivity contribution in [3.05, 3.63) is 0 Å². The molecule has 0 spiro atoms. The van der Waals surface area contributed by atoms with Crippen molar-refractivity contribution in [1.29, 1.82) is 0 Å². The Morgan fingerprint density at radius 2 is 0.438 bits per heavy atom. The summed E-state index contributed by atoms with van der Waals surface area (Å²) in [6, 6.07) is 0. The molecule has 0 radical (unpaired) electrons. The summed E-state index contributed by atoms with van der Waals surface area (Å²) >= 11 is 0. The average Bonchev–Trinajstić information content (AvgIpc) is 0.919. The van der Waals surface area contributed by atoms with Crippen LogP contribution >= 0.6 is 15.6 Å². The lowest BCUT2D eigenvalue weighted by atomic mass is 10.0. The molecule has 3 N–H and O–H groups in total. The highest BCUT2D eigenvalue weighted by atomic mass is 31.2. The molecule has 0 aromatic heterocycles. The van der Waals surface area contributed by atoms with Gasteiger partial charge in [0.1, 0.15) is 19.3 Å². The van der Waals surface area contributed by atoms with Crippen molar-refractivity contribution < 1.29 is 80.2 Å². The van der Waals surface area contributed by atoms with Gasteiger partial charge >= 0.3 is 39.5 Å². The maximum absolute atomic E-state index is 13.1. The fraction of sp³-hybridized carbons (Fsp3) is 0.953. The second kappa shape index (κ2) is 78.7. The Hall–Kier alpha value is -1.94. The standard InChI is InChI=1S/C86H168O17P2/c1-6-9-12-15-18-21-23-25-27-28-29-30-31-35-39-42-46-50-55-60-65-70-84(89)97-76-82(103-86(91)72-67-62-57-52-48-44-40-36-33-32-34-38-41-45-49-53-58-63-68-79(4)5)78-101-105(94,95)99-74-80(87)73-98-104(92,93)100-77-81(75-96-83(88)69-64-59-54-20-17-14-11-8-3)102-85(90)71-66-61-56-51-47-43-37-26-24-22-19-16-13-10-7-2/h79-82,87H,6-78H2,1-5H3,(H,92,93)(H,94,95)/t80-,81+,82+/m0/s1. The molecule has 0 aliphatic heterocycles. The van der Waals surface area contributed by atoms with E-state index in [9.17, 15) is 43.2 Å². The van der Waals surface area contributed by atoms with Gasteiger partial charge in [-0.15, -0.1) is 0 Å². The molecule has 19 heteroatoms. The molecule has 0 bridgehead atoms. The largest absolute Gasteiger partial charge is 0.472 e. The van der Waals surface area contributed by atoms with Crippen LogP contribution in [0, 0.1) is 5.92 Å². The molecule has 0 rings (SSSR count). The number of unbranched alkanes of at least 4 members (excludes halogenated alkanes) is 58. The summed E-state index contributed by atoms with van der Waals surface area (Å²) in [6.07, 6.45) is 72.4. The fourth-order valence-corrected chi connectivity index (χ4v) is 15.1. The molecule has 5 atom stereocenters. The van der Waals surface area contributed by atoms with Crippen molar-refractivity contribution in [1.82, 2.24) is 0 Å². The van der Waals surface area contributed by atoms with Gasteiger partial charge in [0.15, 0.2) is 12.2 Å². The highest BCUT2D eigenvalue weighted by Gasteiger charge is 2.30. The first-order valence-corrected chi connectivity index (χ1v) is 47.6. The van der Waals surface area contributed by atoms with Crippen LogP contribution in [0.5, 0.6) is 0 Å². The van der Waals surface area contributed by atoms with Crippen LogP contribution in [-0.4, -0.2) is 96.7 Å². The molecule has 2 unspecified atom stereocenters. The molecule has 0 aliphatic rings. The van der Waals surface area contributed by atoms with E-state index in [-0.39, 0.29) is 25.7 Å². The average molecular weight is 1540 g/mol. The van der Waals surface area contributed by atoms with E-state index < -0.39 is 97.5 Å². The van der Waals surface area contributed by atoms with Gasteiger partial charge in [-0.1, -0.05) is 413 Å². The molecule has 0 aromatic carbocycles. The van der Waals surface area contributed by atoms with E-state index >= 15 is 0 Å². The number of ether oxygens (including phenoxy) is 4. The van der Waals surface area contributed by atoms with Crippen molar-refractivity contribution >= 4 is 39.5 Å². The third-order valence-corrected chi connectivity index (χ3v) is 22.2. The Balaban J connectivity index is 5.17. The van der Waals surface area contributed by atoms with E-state index in [0.717, 1.165) is 95.8 Å². The van der Waals surface area contributed by atoms with Gasteiger partial charge < -0.3 is 33.8 Å². The number of carbonyl (C=O) groups excluding carboxylic acids is 4. The van der Waals surface area contributed by atoms with Gasteiger partial charge in [-0.3, -0.25) is 37.3 Å². The number of aliphatic hydroxyl groups is 1. The minimum Gasteiger partial charge on any atom is -0.462 e. The van der Waals surface area contributed by atoms with Crippen LogP contribution in [0.1, 0.15) is 465 Å². The third-order valence-electron chi connectivity index (χ3n) is 20.3. The number of hydrogen-bond acceptors (Lipinski definition) is 15. The molecule has 0 saturated carbocycles. The molecule has 0 aliphatic carbocycles. The molecule has 0 aromatic rings. The summed E-state index contributed by atoms with van der Waals surface area (Å²) in [5.74, 6) is -1.28. The van der Waals surface area contributed by atoms with Gasteiger partial charge in [0.05, 0.1) is 26.4 Å². The van der Waals surface area contributed by atoms with Crippen molar-refractivity contribution in [2.24, 2.45) is 5.92 Å². The van der Waals surface area contributed by atoms with Crippen molar-refractivity contribution in [2.45, 2.75) is 483 Å². The predicted octanol–water partition coefficient (Wildman–Crippen LogP) is 26.4. The van der Waals surface area contributed by atoms with E-state index in [2.05, 4.69) is 34.6 Å². The minimum atomic E-state index is -4.96. The zero-order valence-corrected chi connectivity index (χ0v) is 70.7. The zero-order chi connectivity index (χ0) is 76.9. The van der Waals surface area contributed by atoms with Crippen molar-refractivity contribution in [2.75, 3.05) is 39.6 Å². The molecule has 0 fully saturated rings. The molecule has 624 valence electrons. The maximum atomic E-state index is 13.1. The lowest BCUT2D eigenvalue weighted by Gasteiger charge is -2.21. The zero-order valence-electron chi connectivity index (χ0n) is 68.9. The normalized spacial score (nSPS) is 13.8. The molecule has 17 nitrogen and oxygen atoms in total. The van der Waals surface area contributed by atoms with E-state index in [0.29, 0.717) is 25.7 Å². The molecular weight excluding hydrogens is 1370 g/mol. The molecular formula is C86H168O17P2. The lowest BCUT2D eigenvalue weighted by Crippen LogP contribution is -2.30. The third kappa shape index (κ3) is 79.9. The summed E-state index contributed by atoms with van der Waals surface area (Å²) in [5.41, 5.74) is 0. The van der Waals surface area contributed by atoms with Crippen LogP contribution in [0.4, 0.5) is 0 Å². The quantitative estimate of drug-likeness (QED) is 0.0222. The van der Waals surface area contributed by atoms with Crippen LogP contribution in [0.2, 0.25) is 0 Å². The number of phosphoric ester groups is 2. The fourth-order valence-electron chi connectivity index (χ4n) is 13.5. The Morgan fingerprint density at radius 1 is 0.257 bits per heavy atom. The highest BCUT2D eigenvalue weighted by molar-refractivity contribution is 7.47. The Kier molecular flexibility index (Phi) is 77.3. The minimum absolute atomic E-state index is 0.108. The topological polar surface area (TPSA) is 237 Å². The van der Waals surface area contributed by atoms with Crippen molar-refractivity contribution in [3.63, 3.8) is 0 Å². The van der Waals surface area contributed by atoms with Crippen LogP contribution in [0.25, 0.3) is 0 Å². The first kappa shape index (κ1) is 103. The molecule has 0 amide bonds. The van der Waals surface area contributed by atoms with Gasteiger partial charge in [-0.25, -0.2) is 9.13 Å². The molecule has 105 heavy (non-hydrogen) atoms. The number of hydrogen-bond donors (Lipinski definition) is 3. The Labute approximate surface area is 645 Å². The number of esters is 4. The maximum Gasteiger partial charge on any atom is 0.472 e. The first-order chi connectivity index (χ1) is 51.0. The number of carbonyl (C=O) groups is 4. The van der Waals surface area contributed by atoms with E-state index in [1.54, 1.807) is 0 Å². The highest BCUT2D eigenvalue weighted by Crippen LogP contribution is 2.45. The monoisotopic (exact) mass is 1540 g/mol. The Bertz CT molecular complexity index is 2000. The van der Waals surface area contributed by atoms with Crippen molar-refractivity contribution in [3.8, 4) is 0 Å². The van der Waals surface area contributed by atoms with Gasteiger partial charge in [0, 0.05) is 25.7 Å². The van der Waals surface area contributed by atoms with Gasteiger partial charge in [-0.2, -0.15) is 0 Å². The lowest BCUT2D eigenvalue weighted by molar-refractivity contribution is -0.161. The van der Waals surface area contributed by atoms with Gasteiger partial charge in [0.2, 0.25) is 0 Å². The summed E-state index contributed by atoms with van der Waals surface area (Å²) in [4.78, 5) is 73.1. The Morgan fingerprint density at radius 3 is 0.648 bits per heavy atom. The van der Waals surface area contributed by atoms with Crippen LogP contribution in [0.15, 0.2) is 0 Å². The van der Waals surface area contributed by atoms with E-state index in [1.807, 2.05) is 0 Å². The van der Waals surface area contributed by atoms with Crippen LogP contribution < -0.4 is 0 Å². The van der Waals surface area contributed by atoms with Crippen LogP contribution in [-0.2, 0) is 65.4 Å². The smallest absolute Gasteiger partial charge is 0.462 e. The number of aliphatic hydroxyl groups excluding tert-OH is 1. The molecule has 0 heterocycles. The molecule has 0 saturated heterocycles. The SMILES string of the molecule is CCCCCCCCCCCCCCCCCCCCCCCC(=O)OC[C@H](COP(=O)(O)OC[C@@H](O)COP(=O)(O)OC[C@@H](COC(=O)CCCCCCCCCC)OC(=O)CCCCCCCCCCCCCCCCC)OC(=O)CCCCCCCCCCCCCCCCCCCCC(C)C. The number of rotatable bonds is 86. The summed E-state index contributed by atoms with van der Waals surface area (Å²) in [7, 11) is -9.92.